The number of thiocarbonyl (C=S) groups is 1. The number of sulfone groups is 1. The third-order valence-electron chi connectivity index (χ3n) is 6.79. The van der Waals surface area contributed by atoms with Crippen LogP contribution in [-0.2, 0) is 26.0 Å². The first-order valence-corrected chi connectivity index (χ1v) is 15.1. The van der Waals surface area contributed by atoms with E-state index in [9.17, 15) is 18.0 Å². The Bertz CT molecular complexity index is 1350. The van der Waals surface area contributed by atoms with E-state index in [1.165, 1.54) is 9.80 Å². The third kappa shape index (κ3) is 5.56. The maximum absolute atomic E-state index is 13.5. The monoisotopic (exact) mass is 564 g/mol. The fourth-order valence-electron chi connectivity index (χ4n) is 4.58. The number of benzene rings is 1. The van der Waals surface area contributed by atoms with Crippen LogP contribution in [0.2, 0.25) is 5.02 Å². The molecule has 3 unspecified atom stereocenters. The summed E-state index contributed by atoms with van der Waals surface area (Å²) in [5.41, 5.74) is 0.794. The second-order valence-electron chi connectivity index (χ2n) is 9.52. The van der Waals surface area contributed by atoms with Gasteiger partial charge in [-0.2, -0.15) is 0 Å². The van der Waals surface area contributed by atoms with Crippen LogP contribution in [0.15, 0.2) is 45.7 Å². The molecule has 5 rings (SSSR count). The van der Waals surface area contributed by atoms with Gasteiger partial charge in [0.05, 0.1) is 23.0 Å². The van der Waals surface area contributed by atoms with Crippen LogP contribution in [-0.4, -0.2) is 58.4 Å². The molecule has 0 bridgehead atoms. The SMILES string of the molecule is CC1CC1c1ccc(CN(C(=O)CN2C(=O)/C(=C/c3ccc(Cl)cc3)SC2=S)C2CCS(=O)(=O)C2)o1. The highest BCUT2D eigenvalue weighted by molar-refractivity contribution is 8.26. The molecule has 3 heterocycles. The molecule has 2 aromatic rings. The average molecular weight is 565 g/mol. The van der Waals surface area contributed by atoms with Crippen molar-refractivity contribution in [2.75, 3.05) is 18.1 Å². The lowest BCUT2D eigenvalue weighted by Crippen LogP contribution is -2.46. The Morgan fingerprint density at radius 2 is 2.00 bits per heavy atom. The minimum atomic E-state index is -3.22. The predicted octanol–water partition coefficient (Wildman–Crippen LogP) is 4.47. The summed E-state index contributed by atoms with van der Waals surface area (Å²) in [6.45, 7) is 2.05. The molecule has 1 saturated carbocycles. The first-order chi connectivity index (χ1) is 17.1. The maximum Gasteiger partial charge on any atom is 0.266 e. The summed E-state index contributed by atoms with van der Waals surface area (Å²) in [5.74, 6) is 1.71. The molecule has 3 atom stereocenters. The number of halogens is 1. The standard InChI is InChI=1S/C25H25ClN2O5S3/c1-15-10-20(15)21-7-6-19(33-21)12-27(18-8-9-36(31,32)14-18)23(29)13-28-24(30)22(35-25(28)34)11-16-2-4-17(26)5-3-16/h2-7,11,15,18,20H,8-10,12-14H2,1H3/b22-11-. The van der Waals surface area contributed by atoms with Crippen molar-refractivity contribution < 1.29 is 22.4 Å². The van der Waals surface area contributed by atoms with Crippen LogP contribution in [0.25, 0.3) is 6.08 Å². The number of rotatable bonds is 7. The minimum Gasteiger partial charge on any atom is -0.464 e. The molecule has 0 N–H and O–H groups in total. The fraction of sp³-hybridized carbons (Fsp3) is 0.400. The van der Waals surface area contributed by atoms with Crippen molar-refractivity contribution in [3.8, 4) is 0 Å². The van der Waals surface area contributed by atoms with Crippen molar-refractivity contribution in [2.45, 2.75) is 38.3 Å². The van der Waals surface area contributed by atoms with Crippen LogP contribution in [0.5, 0.6) is 0 Å². The molecule has 11 heteroatoms. The van der Waals surface area contributed by atoms with E-state index in [1.807, 2.05) is 12.1 Å². The summed E-state index contributed by atoms with van der Waals surface area (Å²) in [6, 6.07) is 10.4. The van der Waals surface area contributed by atoms with Crippen LogP contribution in [0, 0.1) is 5.92 Å². The number of nitrogens with zero attached hydrogens (tertiary/aromatic N) is 2. The van der Waals surface area contributed by atoms with E-state index in [-0.39, 0.29) is 40.7 Å². The van der Waals surface area contributed by atoms with E-state index in [2.05, 4.69) is 6.92 Å². The summed E-state index contributed by atoms with van der Waals surface area (Å²) >= 11 is 12.5. The molecule has 2 aliphatic heterocycles. The van der Waals surface area contributed by atoms with Crippen LogP contribution in [0.4, 0.5) is 0 Å². The first-order valence-electron chi connectivity index (χ1n) is 11.7. The topological polar surface area (TPSA) is 87.9 Å². The van der Waals surface area contributed by atoms with Gasteiger partial charge in [-0.1, -0.05) is 54.6 Å². The molecule has 190 valence electrons. The zero-order valence-corrected chi connectivity index (χ0v) is 22.8. The quantitative estimate of drug-likeness (QED) is 0.362. The van der Waals surface area contributed by atoms with E-state index < -0.39 is 15.9 Å². The van der Waals surface area contributed by atoms with Gasteiger partial charge in [0.1, 0.15) is 22.4 Å². The van der Waals surface area contributed by atoms with Gasteiger partial charge in [-0.3, -0.25) is 14.5 Å². The Morgan fingerprint density at radius 3 is 2.64 bits per heavy atom. The first kappa shape index (κ1) is 25.5. The molecule has 3 fully saturated rings. The van der Waals surface area contributed by atoms with Gasteiger partial charge in [-0.05, 0) is 54.7 Å². The van der Waals surface area contributed by atoms with Gasteiger partial charge in [0, 0.05) is 17.0 Å². The summed E-state index contributed by atoms with van der Waals surface area (Å²) in [6.07, 6.45) is 3.15. The highest BCUT2D eigenvalue weighted by Crippen LogP contribution is 2.47. The van der Waals surface area contributed by atoms with Crippen LogP contribution >= 0.6 is 35.6 Å². The molecule has 1 aromatic carbocycles. The van der Waals surface area contributed by atoms with Gasteiger partial charge in [-0.25, -0.2) is 8.42 Å². The second-order valence-corrected chi connectivity index (χ2v) is 13.9. The van der Waals surface area contributed by atoms with Crippen LogP contribution < -0.4 is 0 Å². The Morgan fingerprint density at radius 1 is 1.28 bits per heavy atom. The van der Waals surface area contributed by atoms with Gasteiger partial charge < -0.3 is 9.32 Å². The molecular weight excluding hydrogens is 540 g/mol. The molecule has 2 saturated heterocycles. The lowest BCUT2D eigenvalue weighted by atomic mass is 10.2. The van der Waals surface area contributed by atoms with Gasteiger partial charge in [0.15, 0.2) is 9.84 Å². The van der Waals surface area contributed by atoms with Crippen molar-refractivity contribution in [1.29, 1.82) is 0 Å². The van der Waals surface area contributed by atoms with Crippen molar-refractivity contribution in [3.05, 3.63) is 63.4 Å². The van der Waals surface area contributed by atoms with Crippen LogP contribution in [0.1, 0.15) is 42.8 Å². The number of hydrogen-bond donors (Lipinski definition) is 0. The number of hydrogen-bond acceptors (Lipinski definition) is 7. The fourth-order valence-corrected chi connectivity index (χ4v) is 7.69. The molecule has 36 heavy (non-hydrogen) atoms. The molecule has 7 nitrogen and oxygen atoms in total. The highest BCUT2D eigenvalue weighted by Gasteiger charge is 2.40. The molecule has 1 aliphatic carbocycles. The lowest BCUT2D eigenvalue weighted by molar-refractivity contribution is -0.137. The smallest absolute Gasteiger partial charge is 0.266 e. The Kier molecular flexibility index (Phi) is 7.06. The van der Waals surface area contributed by atoms with Crippen molar-refractivity contribution >= 4 is 67.6 Å². The zero-order valence-electron chi connectivity index (χ0n) is 19.6. The number of carbonyl (C=O) groups is 2. The van der Waals surface area contributed by atoms with Gasteiger partial charge in [-0.15, -0.1) is 0 Å². The largest absolute Gasteiger partial charge is 0.464 e. The molecule has 2 amide bonds. The van der Waals surface area contributed by atoms with E-state index in [1.54, 1.807) is 30.3 Å². The van der Waals surface area contributed by atoms with E-state index >= 15 is 0 Å². The minimum absolute atomic E-state index is 0.0370. The Labute approximate surface area is 224 Å². The molecule has 0 spiro atoms. The lowest BCUT2D eigenvalue weighted by Gasteiger charge is -2.29. The number of furan rings is 1. The summed E-state index contributed by atoms with van der Waals surface area (Å²) in [7, 11) is -3.22. The van der Waals surface area contributed by atoms with Crippen molar-refractivity contribution in [1.82, 2.24) is 9.80 Å². The highest BCUT2D eigenvalue weighted by atomic mass is 35.5. The Balaban J connectivity index is 1.33. The van der Waals surface area contributed by atoms with Gasteiger partial charge in [0.25, 0.3) is 5.91 Å². The average Bonchev–Trinajstić information content (AvgIpc) is 3.12. The number of thioether (sulfide) groups is 1. The molecule has 0 radical (unpaired) electrons. The van der Waals surface area contributed by atoms with E-state index in [0.717, 1.165) is 29.5 Å². The normalized spacial score (nSPS) is 26.1. The molecular formula is C25H25ClN2O5S3. The van der Waals surface area contributed by atoms with E-state index in [4.69, 9.17) is 28.2 Å². The summed E-state index contributed by atoms with van der Waals surface area (Å²) in [5, 5.41) is 0.592. The number of carbonyl (C=O) groups excluding carboxylic acids is 2. The summed E-state index contributed by atoms with van der Waals surface area (Å²) in [4.78, 5) is 29.8. The third-order valence-corrected chi connectivity index (χ3v) is 10.2. The zero-order chi connectivity index (χ0) is 25.6. The molecule has 3 aliphatic rings. The van der Waals surface area contributed by atoms with Crippen molar-refractivity contribution in [2.24, 2.45) is 5.92 Å². The van der Waals surface area contributed by atoms with Gasteiger partial charge in [0.2, 0.25) is 5.91 Å². The van der Waals surface area contributed by atoms with Crippen molar-refractivity contribution in [3.63, 3.8) is 0 Å². The maximum atomic E-state index is 13.5. The molecule has 1 aromatic heterocycles. The predicted molar refractivity (Wildman–Crippen MR) is 144 cm³/mol. The van der Waals surface area contributed by atoms with Gasteiger partial charge >= 0.3 is 0 Å². The van der Waals surface area contributed by atoms with Crippen LogP contribution in [0.3, 0.4) is 0 Å². The van der Waals surface area contributed by atoms with E-state index in [0.29, 0.717) is 33.9 Å². The summed E-state index contributed by atoms with van der Waals surface area (Å²) < 4.78 is 30.6. The number of amides is 2. The second kappa shape index (κ2) is 9.96. The Hall–Kier alpha value is -2.14.